The van der Waals surface area contributed by atoms with Crippen molar-refractivity contribution in [2.45, 2.75) is 47.5 Å². The molecule has 0 aromatic carbocycles. The number of carbonyl (C=O) groups excluding carboxylic acids is 1. The van der Waals surface area contributed by atoms with Crippen molar-refractivity contribution in [1.82, 2.24) is 0 Å². The first-order valence-corrected chi connectivity index (χ1v) is 6.18. The molecule has 0 aliphatic heterocycles. The number of hydrogen-bond acceptors (Lipinski definition) is 1. The molecule has 0 heterocycles. The van der Waals surface area contributed by atoms with E-state index in [4.69, 9.17) is 0 Å². The van der Waals surface area contributed by atoms with Crippen molar-refractivity contribution in [3.05, 3.63) is 23.8 Å². The summed E-state index contributed by atoms with van der Waals surface area (Å²) in [7, 11) is 0. The average molecular weight is 220 g/mol. The molecule has 0 N–H and O–H groups in total. The zero-order valence-electron chi connectivity index (χ0n) is 11.2. The van der Waals surface area contributed by atoms with E-state index < -0.39 is 0 Å². The highest BCUT2D eigenvalue weighted by atomic mass is 16.1. The third-order valence-corrected chi connectivity index (χ3v) is 4.36. The van der Waals surface area contributed by atoms with Crippen molar-refractivity contribution in [2.24, 2.45) is 16.7 Å². The summed E-state index contributed by atoms with van der Waals surface area (Å²) in [5, 5.41) is 0. The maximum Gasteiger partial charge on any atom is 0.129 e. The van der Waals surface area contributed by atoms with E-state index in [-0.39, 0.29) is 10.8 Å². The Labute approximate surface area is 99.6 Å². The first-order valence-electron chi connectivity index (χ1n) is 6.18. The van der Waals surface area contributed by atoms with Crippen LogP contribution in [-0.4, -0.2) is 6.29 Å². The van der Waals surface area contributed by atoms with Gasteiger partial charge in [-0.1, -0.05) is 44.6 Å². The molecule has 1 aliphatic rings. The molecule has 0 saturated carbocycles. The molecule has 16 heavy (non-hydrogen) atoms. The Hall–Kier alpha value is -0.850. The normalized spacial score (nSPS) is 27.8. The fourth-order valence-electron chi connectivity index (χ4n) is 2.05. The molecule has 2 unspecified atom stereocenters. The molecule has 0 radical (unpaired) electrons. The fourth-order valence-corrected chi connectivity index (χ4v) is 2.05. The number of allylic oxidation sites excluding steroid dienone is 4. The summed E-state index contributed by atoms with van der Waals surface area (Å²) >= 11 is 0. The van der Waals surface area contributed by atoms with Crippen LogP contribution >= 0.6 is 0 Å². The molecule has 0 fully saturated rings. The topological polar surface area (TPSA) is 17.1 Å². The summed E-state index contributed by atoms with van der Waals surface area (Å²) in [5.74, 6) is 0.540. The lowest BCUT2D eigenvalue weighted by Crippen LogP contribution is -2.20. The van der Waals surface area contributed by atoms with E-state index in [2.05, 4.69) is 45.9 Å². The second-order valence-corrected chi connectivity index (χ2v) is 5.79. The molecule has 1 heteroatoms. The quantitative estimate of drug-likeness (QED) is 0.514. The van der Waals surface area contributed by atoms with Gasteiger partial charge in [0.2, 0.25) is 0 Å². The lowest BCUT2D eigenvalue weighted by Gasteiger charge is -2.28. The van der Waals surface area contributed by atoms with Gasteiger partial charge < -0.3 is 4.79 Å². The Bertz CT molecular complexity index is 322. The summed E-state index contributed by atoms with van der Waals surface area (Å²) in [5.41, 5.74) is 1.42. The zero-order chi connectivity index (χ0) is 12.4. The first kappa shape index (κ1) is 13.2. The van der Waals surface area contributed by atoms with Gasteiger partial charge in [0.1, 0.15) is 6.29 Å². The molecule has 0 aromatic rings. The number of rotatable bonds is 4. The van der Waals surface area contributed by atoms with Crippen LogP contribution in [0.1, 0.15) is 47.5 Å². The van der Waals surface area contributed by atoms with Crippen LogP contribution < -0.4 is 0 Å². The Morgan fingerprint density at radius 3 is 2.56 bits per heavy atom. The second kappa shape index (κ2) is 4.57. The van der Waals surface area contributed by atoms with Crippen LogP contribution in [0.4, 0.5) is 0 Å². The van der Waals surface area contributed by atoms with E-state index in [1.54, 1.807) is 0 Å². The van der Waals surface area contributed by atoms with Crippen molar-refractivity contribution in [3.8, 4) is 0 Å². The molecule has 2 atom stereocenters. The number of aldehydes is 1. The maximum absolute atomic E-state index is 11.0. The minimum Gasteiger partial charge on any atom is -0.302 e. The van der Waals surface area contributed by atoms with Gasteiger partial charge in [-0.15, -0.1) is 0 Å². The molecule has 1 rings (SSSR count). The molecule has 0 saturated heterocycles. The maximum atomic E-state index is 11.0. The van der Waals surface area contributed by atoms with Crippen molar-refractivity contribution in [3.63, 3.8) is 0 Å². The van der Waals surface area contributed by atoms with Crippen molar-refractivity contribution in [2.75, 3.05) is 0 Å². The van der Waals surface area contributed by atoms with Gasteiger partial charge in [0, 0.05) is 5.41 Å². The highest BCUT2D eigenvalue weighted by Gasteiger charge is 2.33. The molecule has 90 valence electrons. The molecule has 0 bridgehead atoms. The SMILES string of the molecule is CCC(C)(C=O)/C=C/C1CC=C(C)C1(C)C. The minimum atomic E-state index is -0.285. The van der Waals surface area contributed by atoms with Gasteiger partial charge in [-0.3, -0.25) is 0 Å². The van der Waals surface area contributed by atoms with Crippen LogP contribution in [0, 0.1) is 16.7 Å². The Morgan fingerprint density at radius 1 is 1.56 bits per heavy atom. The molecule has 0 aromatic heterocycles. The first-order chi connectivity index (χ1) is 7.35. The summed E-state index contributed by atoms with van der Waals surface area (Å²) in [6.45, 7) is 10.8. The minimum absolute atomic E-state index is 0.244. The molecule has 1 nitrogen and oxygen atoms in total. The van der Waals surface area contributed by atoms with Crippen LogP contribution in [0.2, 0.25) is 0 Å². The zero-order valence-corrected chi connectivity index (χ0v) is 11.2. The van der Waals surface area contributed by atoms with Gasteiger partial charge in [-0.2, -0.15) is 0 Å². The highest BCUT2D eigenvalue weighted by molar-refractivity contribution is 5.61. The molecule has 1 aliphatic carbocycles. The summed E-state index contributed by atoms with van der Waals surface area (Å²) in [6, 6.07) is 0. The van der Waals surface area contributed by atoms with E-state index in [1.807, 2.05) is 6.92 Å². The predicted octanol–water partition coefficient (Wildman–Crippen LogP) is 4.15. The summed E-state index contributed by atoms with van der Waals surface area (Å²) < 4.78 is 0. The van der Waals surface area contributed by atoms with Crippen molar-refractivity contribution >= 4 is 6.29 Å². The van der Waals surface area contributed by atoms with Crippen molar-refractivity contribution < 1.29 is 4.79 Å². The lowest BCUT2D eigenvalue weighted by molar-refractivity contribution is -0.113. The second-order valence-electron chi connectivity index (χ2n) is 5.79. The monoisotopic (exact) mass is 220 g/mol. The molecular weight excluding hydrogens is 196 g/mol. The standard InChI is InChI=1S/C15H24O/c1-6-15(5,11-16)10-9-13-8-7-12(2)14(13,3)4/h7,9-11,13H,6,8H2,1-5H3/b10-9+. The predicted molar refractivity (Wildman–Crippen MR) is 69.2 cm³/mol. The Balaban J connectivity index is 2.77. The van der Waals surface area contributed by atoms with Crippen LogP contribution in [0.25, 0.3) is 0 Å². The van der Waals surface area contributed by atoms with Gasteiger partial charge in [-0.25, -0.2) is 0 Å². The van der Waals surface area contributed by atoms with Gasteiger partial charge in [0.15, 0.2) is 0 Å². The smallest absolute Gasteiger partial charge is 0.129 e. The van der Waals surface area contributed by atoms with Crippen LogP contribution in [0.5, 0.6) is 0 Å². The van der Waals surface area contributed by atoms with E-state index in [0.29, 0.717) is 5.92 Å². The van der Waals surface area contributed by atoms with Gasteiger partial charge >= 0.3 is 0 Å². The Kier molecular flexibility index (Phi) is 3.77. The van der Waals surface area contributed by atoms with E-state index in [0.717, 1.165) is 19.1 Å². The van der Waals surface area contributed by atoms with E-state index in [1.165, 1.54) is 5.57 Å². The third-order valence-electron chi connectivity index (χ3n) is 4.36. The van der Waals surface area contributed by atoms with E-state index >= 15 is 0 Å². The fraction of sp³-hybridized carbons (Fsp3) is 0.667. The largest absolute Gasteiger partial charge is 0.302 e. The molecule has 0 spiro atoms. The van der Waals surface area contributed by atoms with Gasteiger partial charge in [0.05, 0.1) is 0 Å². The summed E-state index contributed by atoms with van der Waals surface area (Å²) in [6.07, 6.45) is 9.69. The van der Waals surface area contributed by atoms with Crippen LogP contribution in [0.3, 0.4) is 0 Å². The average Bonchev–Trinajstić information content (AvgIpc) is 2.51. The third kappa shape index (κ3) is 2.45. The Morgan fingerprint density at radius 2 is 2.19 bits per heavy atom. The van der Waals surface area contributed by atoms with Crippen LogP contribution in [-0.2, 0) is 4.79 Å². The van der Waals surface area contributed by atoms with Gasteiger partial charge in [-0.05, 0) is 38.0 Å². The number of hydrogen-bond donors (Lipinski definition) is 0. The number of carbonyl (C=O) groups is 1. The van der Waals surface area contributed by atoms with Crippen LogP contribution in [0.15, 0.2) is 23.8 Å². The molecule has 0 amide bonds. The van der Waals surface area contributed by atoms with Crippen molar-refractivity contribution in [1.29, 1.82) is 0 Å². The summed E-state index contributed by atoms with van der Waals surface area (Å²) in [4.78, 5) is 11.0. The lowest BCUT2D eigenvalue weighted by atomic mass is 9.76. The highest BCUT2D eigenvalue weighted by Crippen LogP contribution is 2.44. The molecular formula is C15H24O. The van der Waals surface area contributed by atoms with E-state index in [9.17, 15) is 4.79 Å². The van der Waals surface area contributed by atoms with Gasteiger partial charge in [0.25, 0.3) is 0 Å².